The summed E-state index contributed by atoms with van der Waals surface area (Å²) < 4.78 is 5.21. The number of methoxy groups -OCH3 is 1. The van der Waals surface area contributed by atoms with Crippen molar-refractivity contribution in [1.82, 2.24) is 0 Å². The first-order valence-corrected chi connectivity index (χ1v) is 7.45. The Bertz CT molecular complexity index is 646. The summed E-state index contributed by atoms with van der Waals surface area (Å²) in [5.41, 5.74) is 1.77. The summed E-state index contributed by atoms with van der Waals surface area (Å²) in [6.07, 6.45) is 0. The van der Waals surface area contributed by atoms with Crippen molar-refractivity contribution in [3.05, 3.63) is 59.1 Å². The van der Waals surface area contributed by atoms with Crippen LogP contribution in [0.25, 0.3) is 0 Å². The van der Waals surface area contributed by atoms with Crippen LogP contribution in [0.2, 0.25) is 5.02 Å². The highest BCUT2D eigenvalue weighted by Crippen LogP contribution is 2.19. The van der Waals surface area contributed by atoms with Crippen molar-refractivity contribution in [1.29, 1.82) is 0 Å². The Morgan fingerprint density at radius 2 is 2.00 bits per heavy atom. The molecule has 4 nitrogen and oxygen atoms in total. The van der Waals surface area contributed by atoms with Crippen LogP contribution in [0.4, 0.5) is 5.69 Å². The number of quaternary nitrogens is 1. The van der Waals surface area contributed by atoms with Crippen molar-refractivity contribution in [3.8, 4) is 5.75 Å². The fourth-order valence-electron chi connectivity index (χ4n) is 2.22. The molecule has 0 radical (unpaired) electrons. The third-order valence-corrected chi connectivity index (χ3v) is 3.58. The van der Waals surface area contributed by atoms with Gasteiger partial charge in [-0.15, -0.1) is 0 Å². The normalized spacial score (nSPS) is 11.8. The van der Waals surface area contributed by atoms with Gasteiger partial charge in [-0.05, 0) is 24.3 Å². The number of rotatable bonds is 6. The van der Waals surface area contributed by atoms with Crippen molar-refractivity contribution in [3.63, 3.8) is 0 Å². The molecule has 0 bridgehead atoms. The average Bonchev–Trinajstić information content (AvgIpc) is 2.49. The number of anilines is 1. The van der Waals surface area contributed by atoms with Crippen molar-refractivity contribution in [2.24, 2.45) is 0 Å². The summed E-state index contributed by atoms with van der Waals surface area (Å²) in [5, 5.41) is 3.38. The van der Waals surface area contributed by atoms with E-state index in [4.69, 9.17) is 16.3 Å². The van der Waals surface area contributed by atoms with Crippen LogP contribution in [0.15, 0.2) is 48.5 Å². The number of carbonyl (C=O) groups excluding carboxylic acids is 1. The van der Waals surface area contributed by atoms with Crippen LogP contribution >= 0.6 is 11.6 Å². The molecule has 22 heavy (non-hydrogen) atoms. The summed E-state index contributed by atoms with van der Waals surface area (Å²) >= 11 is 6.03. The lowest BCUT2D eigenvalue weighted by molar-refractivity contribution is -0.885. The van der Waals surface area contributed by atoms with E-state index < -0.39 is 0 Å². The summed E-state index contributed by atoms with van der Waals surface area (Å²) in [7, 11) is 3.62. The molecular formula is C17H20ClN2O2+. The zero-order valence-electron chi connectivity index (χ0n) is 12.7. The molecule has 1 amide bonds. The number of carbonyl (C=O) groups is 1. The van der Waals surface area contributed by atoms with E-state index in [1.807, 2.05) is 43.4 Å². The standard InChI is InChI=1S/C17H19ClN2O2/c1-20(11-13-6-5-7-14(10-13)22-2)12-17(21)19-16-9-4-3-8-15(16)18/h3-10H,11-12H2,1-2H3,(H,19,21)/p+1. The molecule has 0 aromatic heterocycles. The number of amides is 1. The molecule has 2 N–H and O–H groups in total. The molecule has 0 aliphatic carbocycles. The van der Waals surface area contributed by atoms with Gasteiger partial charge >= 0.3 is 0 Å². The van der Waals surface area contributed by atoms with E-state index in [0.29, 0.717) is 17.3 Å². The van der Waals surface area contributed by atoms with E-state index in [1.165, 1.54) is 0 Å². The maximum absolute atomic E-state index is 12.1. The van der Waals surface area contributed by atoms with Crippen LogP contribution in [-0.2, 0) is 11.3 Å². The largest absolute Gasteiger partial charge is 0.497 e. The van der Waals surface area contributed by atoms with Crippen LogP contribution in [-0.4, -0.2) is 26.6 Å². The first-order chi connectivity index (χ1) is 10.6. The summed E-state index contributed by atoms with van der Waals surface area (Å²) in [6.45, 7) is 1.11. The van der Waals surface area contributed by atoms with E-state index in [-0.39, 0.29) is 5.91 Å². The minimum absolute atomic E-state index is 0.0616. The minimum Gasteiger partial charge on any atom is -0.497 e. The van der Waals surface area contributed by atoms with Crippen molar-refractivity contribution >= 4 is 23.2 Å². The van der Waals surface area contributed by atoms with Gasteiger partial charge in [0.1, 0.15) is 12.3 Å². The molecule has 5 heteroatoms. The van der Waals surface area contributed by atoms with Crippen LogP contribution < -0.4 is 15.0 Å². The molecule has 116 valence electrons. The number of benzene rings is 2. The van der Waals surface area contributed by atoms with Gasteiger partial charge in [0.15, 0.2) is 6.54 Å². The second kappa shape index (κ2) is 7.82. The predicted octanol–water partition coefficient (Wildman–Crippen LogP) is 2.00. The van der Waals surface area contributed by atoms with Crippen LogP contribution in [0.1, 0.15) is 5.56 Å². The number of hydrogen-bond acceptors (Lipinski definition) is 2. The number of para-hydroxylation sites is 1. The average molecular weight is 320 g/mol. The maximum Gasteiger partial charge on any atom is 0.279 e. The second-order valence-corrected chi connectivity index (χ2v) is 5.60. The lowest BCUT2D eigenvalue weighted by atomic mass is 10.2. The first kappa shape index (κ1) is 16.3. The lowest BCUT2D eigenvalue weighted by Gasteiger charge is -2.14. The Morgan fingerprint density at radius 3 is 2.73 bits per heavy atom. The Hall–Kier alpha value is -2.04. The molecule has 0 spiro atoms. The quantitative estimate of drug-likeness (QED) is 0.855. The van der Waals surface area contributed by atoms with E-state index in [1.54, 1.807) is 19.2 Å². The zero-order chi connectivity index (χ0) is 15.9. The van der Waals surface area contributed by atoms with E-state index in [9.17, 15) is 4.79 Å². The highest BCUT2D eigenvalue weighted by atomic mass is 35.5. The van der Waals surface area contributed by atoms with Crippen LogP contribution in [0.5, 0.6) is 5.75 Å². The molecule has 0 saturated heterocycles. The molecule has 0 aliphatic heterocycles. The topological polar surface area (TPSA) is 42.8 Å². The predicted molar refractivity (Wildman–Crippen MR) is 88.5 cm³/mol. The Kier molecular flexibility index (Phi) is 5.81. The number of nitrogens with one attached hydrogen (secondary N) is 2. The molecule has 1 unspecified atom stereocenters. The van der Waals surface area contributed by atoms with E-state index in [2.05, 4.69) is 5.32 Å². The first-order valence-electron chi connectivity index (χ1n) is 7.07. The molecule has 2 aromatic carbocycles. The van der Waals surface area contributed by atoms with Crippen LogP contribution in [0.3, 0.4) is 0 Å². The van der Waals surface area contributed by atoms with Gasteiger partial charge in [-0.2, -0.15) is 0 Å². The Morgan fingerprint density at radius 1 is 1.23 bits per heavy atom. The second-order valence-electron chi connectivity index (χ2n) is 5.19. The molecule has 2 aromatic rings. The van der Waals surface area contributed by atoms with E-state index >= 15 is 0 Å². The fraction of sp³-hybridized carbons (Fsp3) is 0.235. The molecule has 0 saturated carbocycles. The lowest BCUT2D eigenvalue weighted by Crippen LogP contribution is -3.08. The third-order valence-electron chi connectivity index (χ3n) is 3.25. The van der Waals surface area contributed by atoms with Crippen molar-refractivity contribution in [2.75, 3.05) is 26.0 Å². The molecule has 0 aliphatic rings. The summed E-state index contributed by atoms with van der Waals surface area (Å²) in [6, 6.07) is 15.1. The summed E-state index contributed by atoms with van der Waals surface area (Å²) in [5.74, 6) is 0.763. The SMILES string of the molecule is COc1cccc(C[NH+](C)CC(=O)Nc2ccccc2Cl)c1. The van der Waals surface area contributed by atoms with Gasteiger partial charge in [-0.3, -0.25) is 4.79 Å². The molecular weight excluding hydrogens is 300 g/mol. The fourth-order valence-corrected chi connectivity index (χ4v) is 2.41. The molecule has 0 fully saturated rings. The monoisotopic (exact) mass is 319 g/mol. The third kappa shape index (κ3) is 4.76. The van der Waals surface area contributed by atoms with Gasteiger partial charge < -0.3 is 15.0 Å². The minimum atomic E-state index is -0.0616. The zero-order valence-corrected chi connectivity index (χ0v) is 13.5. The highest BCUT2D eigenvalue weighted by molar-refractivity contribution is 6.33. The molecule has 1 atom stereocenters. The molecule has 0 heterocycles. The highest BCUT2D eigenvalue weighted by Gasteiger charge is 2.12. The van der Waals surface area contributed by atoms with Gasteiger partial charge in [0.05, 0.1) is 24.9 Å². The maximum atomic E-state index is 12.1. The smallest absolute Gasteiger partial charge is 0.279 e. The number of ether oxygens (including phenoxy) is 1. The van der Waals surface area contributed by atoms with Gasteiger partial charge in [0.2, 0.25) is 0 Å². The number of hydrogen-bond donors (Lipinski definition) is 2. The van der Waals surface area contributed by atoms with Gasteiger partial charge in [0, 0.05) is 5.56 Å². The van der Waals surface area contributed by atoms with E-state index in [0.717, 1.165) is 22.8 Å². The van der Waals surface area contributed by atoms with Gasteiger partial charge in [0.25, 0.3) is 5.91 Å². The Labute approximate surface area is 135 Å². The number of halogens is 1. The van der Waals surface area contributed by atoms with Crippen LogP contribution in [0, 0.1) is 0 Å². The summed E-state index contributed by atoms with van der Waals surface area (Å²) in [4.78, 5) is 13.2. The Balaban J connectivity index is 1.89. The van der Waals surface area contributed by atoms with Gasteiger partial charge in [-0.1, -0.05) is 35.9 Å². The van der Waals surface area contributed by atoms with Crippen molar-refractivity contribution < 1.29 is 14.4 Å². The van der Waals surface area contributed by atoms with Crippen molar-refractivity contribution in [2.45, 2.75) is 6.54 Å². The number of likely N-dealkylation sites (N-methyl/N-ethyl adjacent to an activating group) is 1. The van der Waals surface area contributed by atoms with Gasteiger partial charge in [-0.25, -0.2) is 0 Å². The molecule has 2 rings (SSSR count).